The Balaban J connectivity index is 2.30. The summed E-state index contributed by atoms with van der Waals surface area (Å²) in [7, 11) is 1.42. The van der Waals surface area contributed by atoms with E-state index in [9.17, 15) is 4.79 Å². The molecule has 4 heteroatoms. The SMILES string of the molecule is CCOc1ccc(CNCCCC(=O)OC)cc1C. The van der Waals surface area contributed by atoms with Crippen molar-refractivity contribution < 1.29 is 14.3 Å². The number of carbonyl (C=O) groups is 1. The monoisotopic (exact) mass is 265 g/mol. The van der Waals surface area contributed by atoms with Gasteiger partial charge in [0.2, 0.25) is 0 Å². The van der Waals surface area contributed by atoms with Gasteiger partial charge in [-0.05, 0) is 44.0 Å². The van der Waals surface area contributed by atoms with Gasteiger partial charge in [-0.1, -0.05) is 12.1 Å². The number of methoxy groups -OCH3 is 1. The second kappa shape index (κ2) is 8.53. The first kappa shape index (κ1) is 15.5. The van der Waals surface area contributed by atoms with Gasteiger partial charge in [0.1, 0.15) is 5.75 Å². The fourth-order valence-corrected chi connectivity index (χ4v) is 1.83. The van der Waals surface area contributed by atoms with E-state index in [-0.39, 0.29) is 5.97 Å². The van der Waals surface area contributed by atoms with Crippen molar-refractivity contribution in [1.29, 1.82) is 0 Å². The van der Waals surface area contributed by atoms with E-state index in [1.54, 1.807) is 0 Å². The summed E-state index contributed by atoms with van der Waals surface area (Å²) in [6.07, 6.45) is 1.26. The molecule has 4 nitrogen and oxygen atoms in total. The average molecular weight is 265 g/mol. The Labute approximate surface area is 115 Å². The molecule has 0 bridgehead atoms. The van der Waals surface area contributed by atoms with Crippen molar-refractivity contribution in [2.75, 3.05) is 20.3 Å². The molecule has 0 spiro atoms. The first-order valence-corrected chi connectivity index (χ1v) is 6.67. The first-order valence-electron chi connectivity index (χ1n) is 6.67. The van der Waals surface area contributed by atoms with Gasteiger partial charge < -0.3 is 14.8 Å². The summed E-state index contributed by atoms with van der Waals surface area (Å²) in [6.45, 7) is 6.32. The highest BCUT2D eigenvalue weighted by atomic mass is 16.5. The van der Waals surface area contributed by atoms with Gasteiger partial charge in [-0.25, -0.2) is 0 Å². The molecule has 0 heterocycles. The van der Waals surface area contributed by atoms with E-state index >= 15 is 0 Å². The molecule has 0 saturated carbocycles. The van der Waals surface area contributed by atoms with Crippen molar-refractivity contribution in [1.82, 2.24) is 5.32 Å². The number of ether oxygens (including phenoxy) is 2. The van der Waals surface area contributed by atoms with Gasteiger partial charge in [0.05, 0.1) is 13.7 Å². The van der Waals surface area contributed by atoms with Crippen LogP contribution in [-0.4, -0.2) is 26.2 Å². The van der Waals surface area contributed by atoms with Crippen LogP contribution in [0.5, 0.6) is 5.75 Å². The zero-order valence-corrected chi connectivity index (χ0v) is 12.0. The number of rotatable bonds is 8. The fraction of sp³-hybridized carbons (Fsp3) is 0.533. The molecule has 106 valence electrons. The van der Waals surface area contributed by atoms with Gasteiger partial charge in [0.25, 0.3) is 0 Å². The van der Waals surface area contributed by atoms with Crippen LogP contribution in [0.25, 0.3) is 0 Å². The molecular weight excluding hydrogens is 242 g/mol. The summed E-state index contributed by atoms with van der Waals surface area (Å²) in [6, 6.07) is 6.19. The Morgan fingerprint density at radius 1 is 1.37 bits per heavy atom. The number of benzene rings is 1. The zero-order valence-electron chi connectivity index (χ0n) is 12.0. The Hall–Kier alpha value is -1.55. The smallest absolute Gasteiger partial charge is 0.305 e. The summed E-state index contributed by atoms with van der Waals surface area (Å²) in [4.78, 5) is 10.9. The maximum atomic E-state index is 10.9. The predicted octanol–water partition coefficient (Wildman–Crippen LogP) is 2.44. The van der Waals surface area contributed by atoms with Crippen LogP contribution >= 0.6 is 0 Å². The van der Waals surface area contributed by atoms with E-state index in [4.69, 9.17) is 4.74 Å². The lowest BCUT2D eigenvalue weighted by Gasteiger charge is -2.09. The molecule has 0 aromatic heterocycles. The lowest BCUT2D eigenvalue weighted by molar-refractivity contribution is -0.140. The van der Waals surface area contributed by atoms with E-state index in [1.165, 1.54) is 12.7 Å². The third-order valence-electron chi connectivity index (χ3n) is 2.83. The number of carbonyl (C=O) groups excluding carboxylic acids is 1. The second-order valence-electron chi connectivity index (χ2n) is 4.39. The summed E-state index contributed by atoms with van der Waals surface area (Å²) >= 11 is 0. The molecule has 0 unspecified atom stereocenters. The van der Waals surface area contributed by atoms with Crippen molar-refractivity contribution >= 4 is 5.97 Å². The van der Waals surface area contributed by atoms with Crippen LogP contribution in [0.2, 0.25) is 0 Å². The molecule has 0 radical (unpaired) electrons. The van der Waals surface area contributed by atoms with Gasteiger partial charge >= 0.3 is 5.97 Å². The fourth-order valence-electron chi connectivity index (χ4n) is 1.83. The van der Waals surface area contributed by atoms with Gasteiger partial charge in [-0.15, -0.1) is 0 Å². The van der Waals surface area contributed by atoms with Crippen LogP contribution in [0, 0.1) is 6.92 Å². The van der Waals surface area contributed by atoms with Gasteiger partial charge in [-0.3, -0.25) is 4.79 Å². The quantitative estimate of drug-likeness (QED) is 0.579. The Morgan fingerprint density at radius 3 is 2.79 bits per heavy atom. The minimum atomic E-state index is -0.154. The molecule has 0 aliphatic carbocycles. The lowest BCUT2D eigenvalue weighted by atomic mass is 10.1. The number of nitrogens with one attached hydrogen (secondary N) is 1. The summed E-state index contributed by atoms with van der Waals surface area (Å²) in [5, 5.41) is 3.31. The van der Waals surface area contributed by atoms with E-state index in [2.05, 4.69) is 22.2 Å². The molecule has 1 aromatic carbocycles. The summed E-state index contributed by atoms with van der Waals surface area (Å²) < 4.78 is 10.1. The van der Waals surface area contributed by atoms with E-state index < -0.39 is 0 Å². The zero-order chi connectivity index (χ0) is 14.1. The number of hydrogen-bond donors (Lipinski definition) is 1. The number of aryl methyl sites for hydroxylation is 1. The molecule has 0 aliphatic rings. The molecule has 1 N–H and O–H groups in total. The number of hydrogen-bond acceptors (Lipinski definition) is 4. The van der Waals surface area contributed by atoms with Gasteiger partial charge in [-0.2, -0.15) is 0 Å². The van der Waals surface area contributed by atoms with E-state index in [0.717, 1.165) is 30.8 Å². The third-order valence-corrected chi connectivity index (χ3v) is 2.83. The highest BCUT2D eigenvalue weighted by Crippen LogP contribution is 2.18. The van der Waals surface area contributed by atoms with Crippen LogP contribution in [0.4, 0.5) is 0 Å². The molecular formula is C15H23NO3. The average Bonchev–Trinajstić information content (AvgIpc) is 2.41. The Morgan fingerprint density at radius 2 is 2.16 bits per heavy atom. The summed E-state index contributed by atoms with van der Waals surface area (Å²) in [5.74, 6) is 0.788. The Bertz CT molecular complexity index is 404. The molecule has 0 aliphatic heterocycles. The van der Waals surface area contributed by atoms with Crippen molar-refractivity contribution in [3.05, 3.63) is 29.3 Å². The second-order valence-corrected chi connectivity index (χ2v) is 4.39. The lowest BCUT2D eigenvalue weighted by Crippen LogP contribution is -2.16. The first-order chi connectivity index (χ1) is 9.17. The molecule has 0 fully saturated rings. The molecule has 1 rings (SSSR count). The van der Waals surface area contributed by atoms with Gasteiger partial charge in [0.15, 0.2) is 0 Å². The van der Waals surface area contributed by atoms with E-state index in [1.807, 2.05) is 19.9 Å². The highest BCUT2D eigenvalue weighted by Gasteiger charge is 2.01. The van der Waals surface area contributed by atoms with Crippen LogP contribution in [0.1, 0.15) is 30.9 Å². The molecule has 0 saturated heterocycles. The topological polar surface area (TPSA) is 47.6 Å². The normalized spacial score (nSPS) is 10.3. The maximum absolute atomic E-state index is 10.9. The highest BCUT2D eigenvalue weighted by molar-refractivity contribution is 5.69. The van der Waals surface area contributed by atoms with Crippen molar-refractivity contribution in [2.45, 2.75) is 33.2 Å². The predicted molar refractivity (Wildman–Crippen MR) is 75.3 cm³/mol. The molecule has 0 amide bonds. The standard InChI is InChI=1S/C15H23NO3/c1-4-19-14-8-7-13(10-12(14)2)11-16-9-5-6-15(17)18-3/h7-8,10,16H,4-6,9,11H2,1-3H3. The molecule has 1 aromatic rings. The summed E-state index contributed by atoms with van der Waals surface area (Å²) in [5.41, 5.74) is 2.37. The molecule has 0 atom stereocenters. The van der Waals surface area contributed by atoms with E-state index in [0.29, 0.717) is 13.0 Å². The Kier molecular flexibility index (Phi) is 6.97. The van der Waals surface area contributed by atoms with Crippen molar-refractivity contribution in [3.8, 4) is 5.75 Å². The van der Waals surface area contributed by atoms with Crippen molar-refractivity contribution in [2.24, 2.45) is 0 Å². The van der Waals surface area contributed by atoms with Gasteiger partial charge in [0, 0.05) is 13.0 Å². The van der Waals surface area contributed by atoms with Crippen LogP contribution in [0.3, 0.4) is 0 Å². The minimum Gasteiger partial charge on any atom is -0.494 e. The van der Waals surface area contributed by atoms with Crippen LogP contribution < -0.4 is 10.1 Å². The van der Waals surface area contributed by atoms with Crippen LogP contribution in [-0.2, 0) is 16.1 Å². The minimum absolute atomic E-state index is 0.154. The largest absolute Gasteiger partial charge is 0.494 e. The molecule has 19 heavy (non-hydrogen) atoms. The third kappa shape index (κ3) is 5.75. The maximum Gasteiger partial charge on any atom is 0.305 e. The number of esters is 1. The van der Waals surface area contributed by atoms with Crippen molar-refractivity contribution in [3.63, 3.8) is 0 Å². The van der Waals surface area contributed by atoms with Crippen LogP contribution in [0.15, 0.2) is 18.2 Å².